The number of H-pyrrole nitrogens is 1. The summed E-state index contributed by atoms with van der Waals surface area (Å²) in [5.41, 5.74) is 3.46. The van der Waals surface area contributed by atoms with E-state index in [0.29, 0.717) is 50.4 Å². The van der Waals surface area contributed by atoms with Gasteiger partial charge >= 0.3 is 0 Å². The molecule has 0 aliphatic rings. The highest BCUT2D eigenvalue weighted by Crippen LogP contribution is 2.30. The lowest BCUT2D eigenvalue weighted by atomic mass is 9.93. The summed E-state index contributed by atoms with van der Waals surface area (Å²) in [4.78, 5) is 38.3. The number of ether oxygens (including phenoxy) is 1. The van der Waals surface area contributed by atoms with Gasteiger partial charge in [-0.25, -0.2) is 8.78 Å². The van der Waals surface area contributed by atoms with Gasteiger partial charge in [-0.3, -0.25) is 19.6 Å². The highest BCUT2D eigenvalue weighted by Gasteiger charge is 2.22. The zero-order chi connectivity index (χ0) is 27.0. The molecular weight excluding hydrogens is 488 g/mol. The third-order valence-corrected chi connectivity index (χ3v) is 6.36. The number of rotatable bonds is 6. The molecule has 0 bridgehead atoms. The van der Waals surface area contributed by atoms with Crippen LogP contribution in [-0.2, 0) is 6.42 Å². The summed E-state index contributed by atoms with van der Waals surface area (Å²) in [7, 11) is 0. The van der Waals surface area contributed by atoms with Crippen LogP contribution in [0.1, 0.15) is 32.9 Å². The number of nitrogens with one attached hydrogen (secondary N) is 1. The summed E-state index contributed by atoms with van der Waals surface area (Å²) < 4.78 is 34.4. The SMILES string of the molecule is Cc1cc(F)ccc1-c1c(C)[nH]c(C)c(C(=O)Cc2ccc(Oc3ccnc4cccnc34)c(F)c2)c1=O. The molecule has 6 nitrogen and oxygen atoms in total. The van der Waals surface area contributed by atoms with Crippen LogP contribution in [0.2, 0.25) is 0 Å². The number of pyridine rings is 3. The Morgan fingerprint density at radius 1 is 0.921 bits per heavy atom. The van der Waals surface area contributed by atoms with Gasteiger partial charge in [-0.2, -0.15) is 0 Å². The van der Waals surface area contributed by atoms with Crippen LogP contribution >= 0.6 is 0 Å². The van der Waals surface area contributed by atoms with Crippen molar-refractivity contribution < 1.29 is 18.3 Å². The van der Waals surface area contributed by atoms with Crippen molar-refractivity contribution in [3.05, 3.63) is 117 Å². The van der Waals surface area contributed by atoms with Gasteiger partial charge in [-0.15, -0.1) is 0 Å². The van der Waals surface area contributed by atoms with Gasteiger partial charge in [0.05, 0.1) is 11.1 Å². The lowest BCUT2D eigenvalue weighted by Gasteiger charge is -2.14. The molecular formula is C30H23F2N3O3. The Morgan fingerprint density at radius 2 is 1.74 bits per heavy atom. The molecule has 5 aromatic rings. The Kier molecular flexibility index (Phi) is 6.55. The molecule has 0 saturated heterocycles. The number of Topliss-reactive ketones (excluding diaryl/α,β-unsaturated/α-hetero) is 1. The third kappa shape index (κ3) is 4.68. The highest BCUT2D eigenvalue weighted by molar-refractivity contribution is 5.99. The molecule has 0 amide bonds. The smallest absolute Gasteiger partial charge is 0.200 e. The summed E-state index contributed by atoms with van der Waals surface area (Å²) >= 11 is 0. The predicted molar refractivity (Wildman–Crippen MR) is 141 cm³/mol. The molecule has 0 radical (unpaired) electrons. The third-order valence-electron chi connectivity index (χ3n) is 6.36. The van der Waals surface area contributed by atoms with Crippen LogP contribution in [0.4, 0.5) is 8.78 Å². The Balaban J connectivity index is 1.44. The molecule has 0 aliphatic carbocycles. The van der Waals surface area contributed by atoms with Crippen LogP contribution < -0.4 is 10.2 Å². The minimum Gasteiger partial charge on any atom is -0.452 e. The summed E-state index contributed by atoms with van der Waals surface area (Å²) in [6.45, 7) is 5.08. The number of aromatic nitrogens is 3. The first-order chi connectivity index (χ1) is 18.2. The van der Waals surface area contributed by atoms with Gasteiger partial charge < -0.3 is 9.72 Å². The van der Waals surface area contributed by atoms with Crippen molar-refractivity contribution in [2.24, 2.45) is 0 Å². The van der Waals surface area contributed by atoms with E-state index in [9.17, 15) is 18.4 Å². The number of fused-ring (bicyclic) bond motifs is 1. The van der Waals surface area contributed by atoms with E-state index in [2.05, 4.69) is 15.0 Å². The molecule has 0 unspecified atom stereocenters. The summed E-state index contributed by atoms with van der Waals surface area (Å²) in [6, 6.07) is 13.5. The molecule has 0 spiro atoms. The quantitative estimate of drug-likeness (QED) is 0.267. The standard InChI is InChI=1S/C30H23F2N3O3/c1-16-13-20(31)7-8-21(16)27-17(2)35-18(3)28(30(27)37)24(36)15-19-6-9-25(22(32)14-19)38-26-10-12-33-23-5-4-11-34-29(23)26/h4-14H,15H2,1-3H3,(H,35,37). The average Bonchev–Trinajstić information content (AvgIpc) is 2.87. The van der Waals surface area contributed by atoms with Crippen LogP contribution in [0.25, 0.3) is 22.2 Å². The number of ketones is 1. The molecule has 3 aromatic heterocycles. The first-order valence-electron chi connectivity index (χ1n) is 11.9. The Hall–Kier alpha value is -4.72. The predicted octanol–water partition coefficient (Wildman–Crippen LogP) is 6.41. The van der Waals surface area contributed by atoms with Gasteiger partial charge in [0.1, 0.15) is 11.3 Å². The van der Waals surface area contributed by atoms with Gasteiger partial charge in [0.15, 0.2) is 23.1 Å². The fourth-order valence-corrected chi connectivity index (χ4v) is 4.61. The maximum atomic E-state index is 15.0. The fraction of sp³-hybridized carbons (Fsp3) is 0.133. The maximum absolute atomic E-state index is 15.0. The second kappa shape index (κ2) is 9.97. The van der Waals surface area contributed by atoms with E-state index in [0.717, 1.165) is 0 Å². The van der Waals surface area contributed by atoms with Crippen LogP contribution in [0.15, 0.2) is 71.8 Å². The minimum absolute atomic E-state index is 0.00982. The number of halogens is 2. The Morgan fingerprint density at radius 3 is 2.50 bits per heavy atom. The van der Waals surface area contributed by atoms with E-state index < -0.39 is 22.8 Å². The van der Waals surface area contributed by atoms with Crippen LogP contribution in [0, 0.1) is 32.4 Å². The van der Waals surface area contributed by atoms with Gasteiger partial charge in [0.25, 0.3) is 0 Å². The molecule has 5 rings (SSSR count). The van der Waals surface area contributed by atoms with Crippen molar-refractivity contribution in [1.82, 2.24) is 15.0 Å². The second-order valence-electron chi connectivity index (χ2n) is 9.06. The zero-order valence-electron chi connectivity index (χ0n) is 20.9. The number of nitrogens with zero attached hydrogens (tertiary/aromatic N) is 2. The van der Waals surface area contributed by atoms with Crippen molar-refractivity contribution in [3.63, 3.8) is 0 Å². The molecule has 1 N–H and O–H groups in total. The fourth-order valence-electron chi connectivity index (χ4n) is 4.61. The van der Waals surface area contributed by atoms with Crippen molar-refractivity contribution in [3.8, 4) is 22.6 Å². The van der Waals surface area contributed by atoms with Gasteiger partial charge in [-0.1, -0.05) is 12.1 Å². The van der Waals surface area contributed by atoms with Crippen LogP contribution in [-0.4, -0.2) is 20.7 Å². The van der Waals surface area contributed by atoms with E-state index in [4.69, 9.17) is 4.74 Å². The number of hydrogen-bond donors (Lipinski definition) is 1. The molecule has 38 heavy (non-hydrogen) atoms. The zero-order valence-corrected chi connectivity index (χ0v) is 20.9. The lowest BCUT2D eigenvalue weighted by molar-refractivity contribution is 0.0991. The van der Waals surface area contributed by atoms with E-state index in [1.807, 2.05) is 0 Å². The number of hydrogen-bond acceptors (Lipinski definition) is 5. The maximum Gasteiger partial charge on any atom is 0.200 e. The number of carbonyl (C=O) groups is 1. The topological polar surface area (TPSA) is 84.9 Å². The molecule has 3 heterocycles. The summed E-state index contributed by atoms with van der Waals surface area (Å²) in [5, 5.41) is 0. The van der Waals surface area contributed by atoms with Crippen LogP contribution in [0.3, 0.4) is 0 Å². The van der Waals surface area contributed by atoms with E-state index >= 15 is 0 Å². The summed E-state index contributed by atoms with van der Waals surface area (Å²) in [6.07, 6.45) is 2.96. The number of aryl methyl sites for hydroxylation is 3. The average molecular weight is 512 g/mol. The largest absolute Gasteiger partial charge is 0.452 e. The van der Waals surface area contributed by atoms with Gasteiger partial charge in [-0.05, 0) is 73.9 Å². The first-order valence-corrected chi connectivity index (χ1v) is 11.9. The van der Waals surface area contributed by atoms with Crippen molar-refractivity contribution in [1.29, 1.82) is 0 Å². The molecule has 0 saturated carbocycles. The molecule has 2 aromatic carbocycles. The highest BCUT2D eigenvalue weighted by atomic mass is 19.1. The molecule has 0 aliphatic heterocycles. The summed E-state index contributed by atoms with van der Waals surface area (Å²) in [5.74, 6) is -1.20. The van der Waals surface area contributed by atoms with E-state index in [1.165, 1.54) is 30.3 Å². The number of aromatic amines is 1. The second-order valence-corrected chi connectivity index (χ2v) is 9.06. The monoisotopic (exact) mass is 511 g/mol. The van der Waals surface area contributed by atoms with E-state index in [-0.39, 0.29) is 17.7 Å². The first kappa shape index (κ1) is 25.0. The van der Waals surface area contributed by atoms with Gasteiger partial charge in [0, 0.05) is 41.8 Å². The van der Waals surface area contributed by atoms with Crippen molar-refractivity contribution in [2.45, 2.75) is 27.2 Å². The van der Waals surface area contributed by atoms with Crippen LogP contribution in [0.5, 0.6) is 11.5 Å². The Labute approximate surface area is 217 Å². The van der Waals surface area contributed by atoms with Gasteiger partial charge in [0.2, 0.25) is 5.43 Å². The molecule has 0 fully saturated rings. The Bertz CT molecular complexity index is 1770. The number of benzene rings is 2. The van der Waals surface area contributed by atoms with Crippen molar-refractivity contribution >= 4 is 16.8 Å². The number of carbonyl (C=O) groups excluding carboxylic acids is 1. The normalized spacial score (nSPS) is 11.1. The molecule has 190 valence electrons. The lowest BCUT2D eigenvalue weighted by Crippen LogP contribution is -2.23. The molecule has 0 atom stereocenters. The van der Waals surface area contributed by atoms with E-state index in [1.54, 1.807) is 57.4 Å². The molecule has 8 heteroatoms. The minimum atomic E-state index is -0.659. The van der Waals surface area contributed by atoms with Crippen molar-refractivity contribution in [2.75, 3.05) is 0 Å².